The first kappa shape index (κ1) is 50.4. The topological polar surface area (TPSA) is 6.48 Å². The summed E-state index contributed by atoms with van der Waals surface area (Å²) in [6.45, 7) is 37.3. The van der Waals surface area contributed by atoms with E-state index in [1.165, 1.54) is 175 Å². The van der Waals surface area contributed by atoms with Gasteiger partial charge in [0.15, 0.2) is 0 Å². The van der Waals surface area contributed by atoms with Crippen LogP contribution in [-0.2, 0) is 37.9 Å². The number of nitrogens with zero attached hydrogens (tertiary/aromatic N) is 2. The lowest BCUT2D eigenvalue weighted by Crippen LogP contribution is -2.60. The van der Waals surface area contributed by atoms with Crippen LogP contribution in [0.2, 0.25) is 0 Å². The molecule has 1 fully saturated rings. The number of hydrogen-bond acceptors (Lipinski definition) is 3. The third kappa shape index (κ3) is 7.65. The SMILES string of the molecule is CC(C)(C)c1ccc2c(c1)N(c1cc3c(cc1-c1ccccc1)C(C)(C)CCC3(C)C)c1cc(C3CCCCC3)cc3c1B2c1sc2cc4c(cc2c1N3c1ccc2c(c1)C(C)(C)CCC2(C)C)C(C)(C)CCC4(C)C. The summed E-state index contributed by atoms with van der Waals surface area (Å²) in [4.78, 5) is 5.66. The average molecular weight is 1020 g/mol. The van der Waals surface area contributed by atoms with Crippen LogP contribution in [0.1, 0.15) is 225 Å². The molecule has 4 aliphatic carbocycles. The number of benzene rings is 6. The van der Waals surface area contributed by atoms with E-state index >= 15 is 0 Å². The minimum absolute atomic E-state index is 0.0342. The van der Waals surface area contributed by atoms with Crippen molar-refractivity contribution in [3.8, 4) is 11.1 Å². The molecule has 0 N–H and O–H groups in total. The van der Waals surface area contributed by atoms with E-state index in [1.54, 1.807) is 11.1 Å². The Labute approximate surface area is 462 Å². The van der Waals surface area contributed by atoms with Crippen LogP contribution < -0.4 is 25.5 Å². The van der Waals surface area contributed by atoms with Gasteiger partial charge in [0, 0.05) is 43.2 Å². The van der Waals surface area contributed by atoms with E-state index in [0.717, 1.165) is 0 Å². The van der Waals surface area contributed by atoms with Crippen molar-refractivity contribution in [1.82, 2.24) is 0 Å². The highest BCUT2D eigenvalue weighted by Gasteiger charge is 2.49. The average Bonchev–Trinajstić information content (AvgIpc) is 3.85. The summed E-state index contributed by atoms with van der Waals surface area (Å²) in [5, 5.41) is 1.43. The van der Waals surface area contributed by atoms with Gasteiger partial charge in [0.05, 0.1) is 11.4 Å². The quantitative estimate of drug-likeness (QED) is 0.162. The number of rotatable bonds is 4. The van der Waals surface area contributed by atoms with Crippen LogP contribution in [0.5, 0.6) is 0 Å². The summed E-state index contributed by atoms with van der Waals surface area (Å²) in [6.07, 6.45) is 13.6. The lowest BCUT2D eigenvalue weighted by Gasteiger charge is -2.47. The minimum Gasteiger partial charge on any atom is -0.311 e. The fourth-order valence-electron chi connectivity index (χ4n) is 15.6. The van der Waals surface area contributed by atoms with Gasteiger partial charge in [0.2, 0.25) is 0 Å². The van der Waals surface area contributed by atoms with Crippen LogP contribution >= 0.6 is 11.3 Å². The molecule has 0 unspecified atom stereocenters. The van der Waals surface area contributed by atoms with Gasteiger partial charge in [-0.05, 0) is 211 Å². The van der Waals surface area contributed by atoms with Gasteiger partial charge >= 0.3 is 0 Å². The van der Waals surface area contributed by atoms with Crippen molar-refractivity contribution >= 4 is 78.0 Å². The molecule has 4 heteroatoms. The molecule has 0 atom stereocenters. The van der Waals surface area contributed by atoms with Gasteiger partial charge in [-0.3, -0.25) is 0 Å². The predicted octanol–water partition coefficient (Wildman–Crippen LogP) is 19.0. The van der Waals surface area contributed by atoms with Crippen molar-refractivity contribution in [1.29, 1.82) is 0 Å². The molecule has 7 aromatic rings. The van der Waals surface area contributed by atoms with Crippen molar-refractivity contribution in [3.05, 3.63) is 148 Å². The number of anilines is 6. The first-order valence-corrected chi connectivity index (χ1v) is 30.5. The maximum absolute atomic E-state index is 2.84. The van der Waals surface area contributed by atoms with Gasteiger partial charge in [-0.2, -0.15) is 0 Å². The van der Waals surface area contributed by atoms with Crippen molar-refractivity contribution in [2.75, 3.05) is 9.80 Å². The molecule has 392 valence electrons. The van der Waals surface area contributed by atoms with Crippen LogP contribution in [0.25, 0.3) is 21.2 Å². The molecule has 0 saturated heterocycles. The largest absolute Gasteiger partial charge is 0.311 e. The third-order valence-corrected chi connectivity index (χ3v) is 22.2. The van der Waals surface area contributed by atoms with Crippen molar-refractivity contribution in [3.63, 3.8) is 0 Å². The van der Waals surface area contributed by atoms with Gasteiger partial charge in [0.25, 0.3) is 6.71 Å². The second-order valence-corrected chi connectivity index (χ2v) is 31.0. The van der Waals surface area contributed by atoms with E-state index in [2.05, 4.69) is 228 Å². The molecule has 3 heterocycles. The normalized spacial score (nSPS) is 21.3. The third-order valence-electron chi connectivity index (χ3n) is 21.0. The Morgan fingerprint density at radius 3 is 1.63 bits per heavy atom. The molecule has 6 aliphatic rings. The summed E-state index contributed by atoms with van der Waals surface area (Å²) in [6, 6.07) is 43.1. The number of thiophene rings is 1. The monoisotopic (exact) mass is 1020 g/mol. The van der Waals surface area contributed by atoms with Gasteiger partial charge in [0.1, 0.15) is 0 Å². The summed E-state index contributed by atoms with van der Waals surface area (Å²) < 4.78 is 2.92. The lowest BCUT2D eigenvalue weighted by atomic mass is 9.36. The van der Waals surface area contributed by atoms with E-state index in [0.29, 0.717) is 5.92 Å². The van der Waals surface area contributed by atoms with Gasteiger partial charge in [-0.25, -0.2) is 0 Å². The molecule has 2 aliphatic heterocycles. The molecule has 0 bridgehead atoms. The molecule has 6 aromatic carbocycles. The Morgan fingerprint density at radius 1 is 0.487 bits per heavy atom. The highest BCUT2D eigenvalue weighted by atomic mass is 32.1. The van der Waals surface area contributed by atoms with Crippen LogP contribution in [0, 0.1) is 0 Å². The van der Waals surface area contributed by atoms with Crippen LogP contribution in [-0.4, -0.2) is 6.71 Å². The molecule has 0 spiro atoms. The first-order valence-electron chi connectivity index (χ1n) is 29.7. The molecular formula is C72H85BN2S. The smallest absolute Gasteiger partial charge is 0.264 e. The van der Waals surface area contributed by atoms with Crippen molar-refractivity contribution in [2.45, 2.75) is 218 Å². The van der Waals surface area contributed by atoms with Gasteiger partial charge in [-0.15, -0.1) is 11.3 Å². The van der Waals surface area contributed by atoms with Crippen LogP contribution in [0.3, 0.4) is 0 Å². The summed E-state index contributed by atoms with van der Waals surface area (Å²) in [5.41, 5.74) is 26.2. The maximum atomic E-state index is 2.84. The fraction of sp³-hybridized carbons (Fsp3) is 0.472. The van der Waals surface area contributed by atoms with E-state index in [4.69, 9.17) is 0 Å². The fourth-order valence-corrected chi connectivity index (χ4v) is 16.9. The zero-order valence-corrected chi connectivity index (χ0v) is 49.9. The molecule has 13 rings (SSSR count). The van der Waals surface area contributed by atoms with Gasteiger partial charge in [-0.1, -0.05) is 172 Å². The van der Waals surface area contributed by atoms with Crippen LogP contribution in [0.4, 0.5) is 34.1 Å². The standard InChI is InChI=1S/C72H85BN2S/c1-66(2,3)47-26-29-57-59(38-47)75(58-42-55-53(69(8,9)32-34-71(55,12)13)40-49(58)45-24-20-17-21-25-45)61-37-46(44-22-18-16-19-23-44)36-60-63(61)73(57)65-64(50-41-54-56(43-62(50)76-65)72(14,15)35-33-70(54,10)11)74(60)48-27-28-51-52(39-48)68(6,7)31-30-67(51,4)5/h17,20-21,24-29,36-44H,16,18-19,22-23,30-35H2,1-15H3. The molecule has 76 heavy (non-hydrogen) atoms. The van der Waals surface area contributed by atoms with Gasteiger partial charge < -0.3 is 9.80 Å². The Morgan fingerprint density at radius 2 is 1.03 bits per heavy atom. The molecular weight excluding hydrogens is 936 g/mol. The zero-order chi connectivity index (χ0) is 53.4. The Bertz CT molecular complexity index is 3530. The molecule has 0 amide bonds. The Balaban J connectivity index is 1.19. The Kier molecular flexibility index (Phi) is 11.1. The zero-order valence-electron chi connectivity index (χ0n) is 49.1. The first-order chi connectivity index (χ1) is 35.8. The predicted molar refractivity (Wildman–Crippen MR) is 332 cm³/mol. The van der Waals surface area contributed by atoms with E-state index in [9.17, 15) is 0 Å². The van der Waals surface area contributed by atoms with E-state index < -0.39 is 0 Å². The van der Waals surface area contributed by atoms with Crippen molar-refractivity contribution < 1.29 is 0 Å². The lowest BCUT2D eigenvalue weighted by molar-refractivity contribution is 0.332. The molecule has 0 radical (unpaired) electrons. The van der Waals surface area contributed by atoms with E-state index in [-0.39, 0.29) is 44.6 Å². The second kappa shape index (κ2) is 16.7. The molecule has 1 saturated carbocycles. The molecule has 2 nitrogen and oxygen atoms in total. The highest BCUT2D eigenvalue weighted by Crippen LogP contribution is 2.57. The van der Waals surface area contributed by atoms with Crippen molar-refractivity contribution in [2.24, 2.45) is 0 Å². The summed E-state index contributed by atoms with van der Waals surface area (Å²) in [5.74, 6) is 0.510. The molecule has 1 aromatic heterocycles. The summed E-state index contributed by atoms with van der Waals surface area (Å²) >= 11 is 2.10. The minimum atomic E-state index is -0.0418. The number of hydrogen-bond donors (Lipinski definition) is 0. The van der Waals surface area contributed by atoms with E-state index in [1.807, 2.05) is 0 Å². The van der Waals surface area contributed by atoms with Crippen LogP contribution in [0.15, 0.2) is 103 Å². The highest BCUT2D eigenvalue weighted by molar-refractivity contribution is 7.33. The second-order valence-electron chi connectivity index (χ2n) is 30.0. The summed E-state index contributed by atoms with van der Waals surface area (Å²) in [7, 11) is 0. The Hall–Kier alpha value is -5.06. The number of fused-ring (bicyclic) bond motifs is 9. The maximum Gasteiger partial charge on any atom is 0.264 e.